The Labute approximate surface area is 175 Å². The maximum atomic E-state index is 13.0. The molecule has 0 aromatic carbocycles. The van der Waals surface area contributed by atoms with Crippen LogP contribution >= 0.6 is 11.6 Å². The molecule has 0 aliphatic heterocycles. The molecule has 0 aromatic heterocycles. The Morgan fingerprint density at radius 1 is 1.00 bits per heavy atom. The highest BCUT2D eigenvalue weighted by molar-refractivity contribution is 6.18. The van der Waals surface area contributed by atoms with E-state index >= 15 is 0 Å². The Bertz CT molecular complexity index is 472. The van der Waals surface area contributed by atoms with Crippen LogP contribution in [-0.2, 0) is 14.4 Å². The number of halogens is 1. The van der Waals surface area contributed by atoms with Gasteiger partial charge in [0.05, 0.1) is 0 Å². The second-order valence-corrected chi connectivity index (χ2v) is 8.33. The lowest BCUT2D eigenvalue weighted by atomic mass is 9.81. The van der Waals surface area contributed by atoms with Crippen LogP contribution in [0, 0.1) is 17.8 Å². The first-order valence-electron chi connectivity index (χ1n) is 10.6. The van der Waals surface area contributed by atoms with Gasteiger partial charge in [-0.25, -0.2) is 0 Å². The van der Waals surface area contributed by atoms with Gasteiger partial charge in [0.15, 0.2) is 0 Å². The molecule has 0 aromatic rings. The van der Waals surface area contributed by atoms with Crippen molar-refractivity contribution < 1.29 is 14.4 Å². The number of nitrogens with two attached hydrogens (primary N) is 1. The molecule has 0 aliphatic rings. The van der Waals surface area contributed by atoms with Crippen molar-refractivity contribution in [1.82, 2.24) is 10.6 Å². The van der Waals surface area contributed by atoms with Crippen LogP contribution in [0.4, 0.5) is 0 Å². The zero-order valence-corrected chi connectivity index (χ0v) is 18.8. The third-order valence-electron chi connectivity index (χ3n) is 5.06. The highest BCUT2D eigenvalue weighted by atomic mass is 35.5. The van der Waals surface area contributed by atoms with Gasteiger partial charge in [-0.2, -0.15) is 0 Å². The van der Waals surface area contributed by atoms with Gasteiger partial charge in [0.1, 0.15) is 0 Å². The number of amides is 3. The molecule has 4 N–H and O–H groups in total. The van der Waals surface area contributed by atoms with Gasteiger partial charge in [0, 0.05) is 37.2 Å². The molecular formula is C21H40ClN3O3. The number of hydrogen-bond donors (Lipinski definition) is 3. The van der Waals surface area contributed by atoms with Gasteiger partial charge in [-0.3, -0.25) is 14.4 Å². The maximum absolute atomic E-state index is 13.0. The first-order chi connectivity index (χ1) is 13.3. The largest absolute Gasteiger partial charge is 0.369 e. The molecule has 164 valence electrons. The molecule has 3 amide bonds. The summed E-state index contributed by atoms with van der Waals surface area (Å²) >= 11 is 5.98. The van der Waals surface area contributed by atoms with Crippen LogP contribution in [0.1, 0.15) is 78.6 Å². The van der Waals surface area contributed by atoms with Crippen molar-refractivity contribution in [2.75, 3.05) is 12.9 Å². The van der Waals surface area contributed by atoms with Crippen molar-refractivity contribution in [2.24, 2.45) is 23.5 Å². The summed E-state index contributed by atoms with van der Waals surface area (Å²) in [5.41, 5.74) is 5.67. The van der Waals surface area contributed by atoms with Crippen molar-refractivity contribution in [1.29, 1.82) is 0 Å². The first kappa shape index (κ1) is 26.7. The van der Waals surface area contributed by atoms with E-state index in [1.165, 1.54) is 6.42 Å². The van der Waals surface area contributed by atoms with Crippen LogP contribution in [0.15, 0.2) is 0 Å². The van der Waals surface area contributed by atoms with Crippen LogP contribution in [0.2, 0.25) is 0 Å². The highest BCUT2D eigenvalue weighted by Gasteiger charge is 2.33. The third-order valence-corrected chi connectivity index (χ3v) is 5.44. The average Bonchev–Trinajstić information content (AvgIpc) is 2.65. The minimum absolute atomic E-state index is 0.0924. The van der Waals surface area contributed by atoms with E-state index in [0.29, 0.717) is 25.7 Å². The number of hydrogen-bond acceptors (Lipinski definition) is 3. The SMILES string of the molecule is CCCCCCCC(C(N)=O)[C@H](CC(C)C)C(=O)N[C@H](CCl)CCC(=O)NC. The molecule has 0 aliphatic carbocycles. The molecular weight excluding hydrogens is 378 g/mol. The van der Waals surface area contributed by atoms with Crippen molar-refractivity contribution in [3.8, 4) is 0 Å². The molecule has 6 nitrogen and oxygen atoms in total. The molecule has 0 bridgehead atoms. The molecule has 0 saturated heterocycles. The van der Waals surface area contributed by atoms with Gasteiger partial charge >= 0.3 is 0 Å². The Hall–Kier alpha value is -1.30. The summed E-state index contributed by atoms with van der Waals surface area (Å²) in [5, 5.41) is 5.50. The number of alkyl halides is 1. The van der Waals surface area contributed by atoms with Gasteiger partial charge < -0.3 is 16.4 Å². The van der Waals surface area contributed by atoms with E-state index in [1.54, 1.807) is 7.05 Å². The van der Waals surface area contributed by atoms with Gasteiger partial charge in [-0.1, -0.05) is 52.9 Å². The summed E-state index contributed by atoms with van der Waals surface area (Å²) in [7, 11) is 1.58. The second-order valence-electron chi connectivity index (χ2n) is 8.02. The lowest BCUT2D eigenvalue weighted by Crippen LogP contribution is -2.45. The normalized spacial score (nSPS) is 14.4. The minimum Gasteiger partial charge on any atom is -0.369 e. The quantitative estimate of drug-likeness (QED) is 0.265. The number of carbonyl (C=O) groups is 3. The van der Waals surface area contributed by atoms with E-state index in [1.807, 2.05) is 13.8 Å². The van der Waals surface area contributed by atoms with E-state index in [-0.39, 0.29) is 29.7 Å². The summed E-state index contributed by atoms with van der Waals surface area (Å²) in [6.45, 7) is 6.22. The van der Waals surface area contributed by atoms with Gasteiger partial charge in [-0.05, 0) is 25.2 Å². The molecule has 28 heavy (non-hydrogen) atoms. The van der Waals surface area contributed by atoms with Crippen molar-refractivity contribution in [3.63, 3.8) is 0 Å². The van der Waals surface area contributed by atoms with E-state index in [2.05, 4.69) is 17.6 Å². The smallest absolute Gasteiger partial charge is 0.224 e. The van der Waals surface area contributed by atoms with Crippen LogP contribution in [-0.4, -0.2) is 36.7 Å². The fourth-order valence-electron chi connectivity index (χ4n) is 3.40. The molecule has 0 heterocycles. The van der Waals surface area contributed by atoms with Crippen molar-refractivity contribution in [3.05, 3.63) is 0 Å². The van der Waals surface area contributed by atoms with Gasteiger partial charge in [0.25, 0.3) is 0 Å². The molecule has 0 fully saturated rings. The molecule has 3 atom stereocenters. The summed E-state index contributed by atoms with van der Waals surface area (Å²) in [5.74, 6) is -1.15. The third kappa shape index (κ3) is 11.5. The van der Waals surface area contributed by atoms with E-state index in [0.717, 1.165) is 25.7 Å². The molecule has 1 unspecified atom stereocenters. The molecule has 7 heteroatoms. The lowest BCUT2D eigenvalue weighted by molar-refractivity contribution is -0.134. The Morgan fingerprint density at radius 3 is 2.14 bits per heavy atom. The summed E-state index contributed by atoms with van der Waals surface area (Å²) in [4.78, 5) is 36.5. The zero-order valence-electron chi connectivity index (χ0n) is 18.1. The van der Waals surface area contributed by atoms with E-state index in [4.69, 9.17) is 17.3 Å². The number of unbranched alkanes of at least 4 members (excludes halogenated alkanes) is 4. The highest BCUT2D eigenvalue weighted by Crippen LogP contribution is 2.26. The van der Waals surface area contributed by atoms with E-state index in [9.17, 15) is 14.4 Å². The molecule has 0 radical (unpaired) electrons. The van der Waals surface area contributed by atoms with Crippen LogP contribution < -0.4 is 16.4 Å². The fourth-order valence-corrected chi connectivity index (χ4v) is 3.63. The molecule has 0 rings (SSSR count). The number of rotatable bonds is 16. The van der Waals surface area contributed by atoms with E-state index < -0.39 is 17.7 Å². The number of carbonyl (C=O) groups excluding carboxylic acids is 3. The Kier molecular flexibility index (Phi) is 14.9. The minimum atomic E-state index is -0.473. The topological polar surface area (TPSA) is 101 Å². The molecule has 0 saturated carbocycles. The Morgan fingerprint density at radius 2 is 1.64 bits per heavy atom. The van der Waals surface area contributed by atoms with Crippen LogP contribution in [0.5, 0.6) is 0 Å². The predicted molar refractivity (Wildman–Crippen MR) is 115 cm³/mol. The lowest BCUT2D eigenvalue weighted by Gasteiger charge is -2.27. The van der Waals surface area contributed by atoms with Crippen LogP contribution in [0.25, 0.3) is 0 Å². The van der Waals surface area contributed by atoms with Gasteiger partial charge in [-0.15, -0.1) is 11.6 Å². The fraction of sp³-hybridized carbons (Fsp3) is 0.857. The monoisotopic (exact) mass is 417 g/mol. The standard InChI is InChI=1S/C21H40ClN3O3/c1-5-6-7-8-9-10-17(20(23)27)18(13-15(2)3)21(28)25-16(14-22)11-12-19(26)24-4/h15-18H,5-14H2,1-4H3,(H2,23,27)(H,24,26)(H,25,28)/t16-,17?,18-/m0/s1. The summed E-state index contributed by atoms with van der Waals surface area (Å²) < 4.78 is 0. The predicted octanol–water partition coefficient (Wildman–Crippen LogP) is 3.36. The van der Waals surface area contributed by atoms with Gasteiger partial charge in [0.2, 0.25) is 17.7 Å². The summed E-state index contributed by atoms with van der Waals surface area (Å²) in [6.07, 6.45) is 7.40. The zero-order chi connectivity index (χ0) is 21.5. The average molecular weight is 418 g/mol. The second kappa shape index (κ2) is 15.6. The molecule has 0 spiro atoms. The summed E-state index contributed by atoms with van der Waals surface area (Å²) in [6, 6.07) is -0.306. The number of primary amides is 1. The Balaban J connectivity index is 5.01. The maximum Gasteiger partial charge on any atom is 0.224 e. The van der Waals surface area contributed by atoms with Crippen molar-refractivity contribution >= 4 is 29.3 Å². The van der Waals surface area contributed by atoms with Crippen molar-refractivity contribution in [2.45, 2.75) is 84.6 Å². The van der Waals surface area contributed by atoms with Crippen LogP contribution in [0.3, 0.4) is 0 Å². The number of nitrogens with one attached hydrogen (secondary N) is 2. The first-order valence-corrected chi connectivity index (χ1v) is 11.2.